The molecule has 2 N–H and O–H groups in total. The van der Waals surface area contributed by atoms with Crippen LogP contribution in [0.2, 0.25) is 0 Å². The smallest absolute Gasteiger partial charge is 0.504 e. The van der Waals surface area contributed by atoms with Crippen molar-refractivity contribution in [2.24, 2.45) is 0 Å². The molecule has 0 atom stereocenters. The predicted octanol–water partition coefficient (Wildman–Crippen LogP) is 7.70. The molecule has 0 unspecified atom stereocenters. The molecule has 0 aliphatic heterocycles. The normalized spacial score (nSPS) is 10.8. The van der Waals surface area contributed by atoms with Gasteiger partial charge in [0.25, 0.3) is 0 Å². The lowest BCUT2D eigenvalue weighted by Crippen LogP contribution is -2.15. The zero-order chi connectivity index (χ0) is 23.2. The standard InChI is InChI=1S/C27H38O5/c1-3-5-7-9-11-15-21-19-20-24(29)26(22(21)16-12-10-8-6-4-2)32-27(30)31-25-18-14-13-17-23(25)28/h13-14,17-20,28-29H,3-12,15-16H2,1-2H3. The molecule has 2 rings (SSSR count). The number of aromatic hydroxyl groups is 2. The van der Waals surface area contributed by atoms with Gasteiger partial charge in [-0.15, -0.1) is 0 Å². The summed E-state index contributed by atoms with van der Waals surface area (Å²) in [4.78, 5) is 12.4. The van der Waals surface area contributed by atoms with Crippen LogP contribution in [0.15, 0.2) is 36.4 Å². The van der Waals surface area contributed by atoms with Gasteiger partial charge in [-0.2, -0.15) is 0 Å². The van der Waals surface area contributed by atoms with Crippen LogP contribution in [-0.4, -0.2) is 16.4 Å². The maximum Gasteiger partial charge on any atom is 0.519 e. The minimum atomic E-state index is -0.978. The molecule has 0 saturated carbocycles. The molecule has 5 nitrogen and oxygen atoms in total. The van der Waals surface area contributed by atoms with Crippen LogP contribution < -0.4 is 9.47 Å². The molecule has 0 aliphatic rings. The largest absolute Gasteiger partial charge is 0.519 e. The van der Waals surface area contributed by atoms with Crippen molar-refractivity contribution in [3.63, 3.8) is 0 Å². The summed E-state index contributed by atoms with van der Waals surface area (Å²) in [6.45, 7) is 4.39. The predicted molar refractivity (Wildman–Crippen MR) is 128 cm³/mol. The summed E-state index contributed by atoms with van der Waals surface area (Å²) in [6, 6.07) is 9.74. The van der Waals surface area contributed by atoms with Crippen molar-refractivity contribution in [3.8, 4) is 23.0 Å². The van der Waals surface area contributed by atoms with E-state index in [1.54, 1.807) is 18.2 Å². The highest BCUT2D eigenvalue weighted by molar-refractivity contribution is 5.70. The van der Waals surface area contributed by atoms with E-state index >= 15 is 0 Å². The number of carbonyl (C=O) groups is 1. The fourth-order valence-electron chi connectivity index (χ4n) is 3.84. The fraction of sp³-hybridized carbons (Fsp3) is 0.519. The Morgan fingerprint density at radius 3 is 2.00 bits per heavy atom. The van der Waals surface area contributed by atoms with E-state index in [1.165, 1.54) is 50.7 Å². The van der Waals surface area contributed by atoms with Crippen LogP contribution in [0, 0.1) is 0 Å². The number of carbonyl (C=O) groups excluding carboxylic acids is 1. The number of hydrogen-bond acceptors (Lipinski definition) is 5. The van der Waals surface area contributed by atoms with E-state index in [0.29, 0.717) is 0 Å². The second-order valence-corrected chi connectivity index (χ2v) is 8.30. The summed E-state index contributed by atoms with van der Waals surface area (Å²) in [6.07, 6.45) is 12.2. The van der Waals surface area contributed by atoms with Gasteiger partial charge in [0.05, 0.1) is 0 Å². The molecule has 0 aromatic heterocycles. The molecule has 0 radical (unpaired) electrons. The average molecular weight is 443 g/mol. The first-order valence-corrected chi connectivity index (χ1v) is 12.1. The summed E-state index contributed by atoms with van der Waals surface area (Å²) < 4.78 is 10.6. The second kappa shape index (κ2) is 14.4. The van der Waals surface area contributed by atoms with Crippen molar-refractivity contribution in [2.75, 3.05) is 0 Å². The Labute approximate surface area is 192 Å². The Hall–Kier alpha value is -2.69. The van der Waals surface area contributed by atoms with Gasteiger partial charge in [-0.05, 0) is 49.4 Å². The number of benzene rings is 2. The highest BCUT2D eigenvalue weighted by Crippen LogP contribution is 2.36. The van der Waals surface area contributed by atoms with E-state index in [0.717, 1.165) is 49.7 Å². The summed E-state index contributed by atoms with van der Waals surface area (Å²) in [5.41, 5.74) is 1.99. The quantitative estimate of drug-likeness (QED) is 0.178. The molecule has 0 amide bonds. The van der Waals surface area contributed by atoms with Crippen LogP contribution in [0.5, 0.6) is 23.0 Å². The molecule has 0 saturated heterocycles. The lowest BCUT2D eigenvalue weighted by Gasteiger charge is -2.16. The molecule has 176 valence electrons. The minimum absolute atomic E-state index is 0.0187. The Morgan fingerprint density at radius 1 is 0.719 bits per heavy atom. The van der Waals surface area contributed by atoms with Gasteiger partial charge in [-0.3, -0.25) is 0 Å². The van der Waals surface area contributed by atoms with Crippen molar-refractivity contribution in [1.82, 2.24) is 0 Å². The molecule has 5 heteroatoms. The van der Waals surface area contributed by atoms with Gasteiger partial charge in [0.15, 0.2) is 23.0 Å². The SMILES string of the molecule is CCCCCCCc1ccc(O)c(OC(=O)Oc2ccccc2O)c1CCCCCCC. The number of phenols is 2. The number of para-hydroxylation sites is 2. The molecule has 0 spiro atoms. The van der Waals surface area contributed by atoms with E-state index in [-0.39, 0.29) is 23.0 Å². The molecule has 0 fully saturated rings. The van der Waals surface area contributed by atoms with Crippen molar-refractivity contribution < 1.29 is 24.5 Å². The van der Waals surface area contributed by atoms with E-state index in [4.69, 9.17) is 9.47 Å². The van der Waals surface area contributed by atoms with Gasteiger partial charge < -0.3 is 19.7 Å². The van der Waals surface area contributed by atoms with Crippen molar-refractivity contribution in [3.05, 3.63) is 47.5 Å². The Morgan fingerprint density at radius 2 is 1.34 bits per heavy atom. The summed E-state index contributed by atoms with van der Waals surface area (Å²) in [5.74, 6) is -0.0275. The third-order valence-corrected chi connectivity index (χ3v) is 5.66. The first kappa shape index (κ1) is 25.6. The third-order valence-electron chi connectivity index (χ3n) is 5.66. The average Bonchev–Trinajstić information content (AvgIpc) is 2.78. The van der Waals surface area contributed by atoms with Crippen molar-refractivity contribution in [2.45, 2.75) is 90.9 Å². The third kappa shape index (κ3) is 8.45. The number of unbranched alkanes of at least 4 members (excludes halogenated alkanes) is 8. The number of aryl methyl sites for hydroxylation is 1. The molecular weight excluding hydrogens is 404 g/mol. The second-order valence-electron chi connectivity index (χ2n) is 8.30. The van der Waals surface area contributed by atoms with Crippen molar-refractivity contribution in [1.29, 1.82) is 0 Å². The highest BCUT2D eigenvalue weighted by Gasteiger charge is 2.19. The molecule has 2 aromatic rings. The maximum atomic E-state index is 12.4. The zero-order valence-electron chi connectivity index (χ0n) is 19.6. The van der Waals surface area contributed by atoms with Crippen molar-refractivity contribution >= 4 is 6.16 Å². The number of ether oxygens (including phenoxy) is 2. The van der Waals surface area contributed by atoms with Gasteiger partial charge in [0, 0.05) is 5.56 Å². The highest BCUT2D eigenvalue weighted by atomic mass is 16.7. The Kier molecular flexibility index (Phi) is 11.5. The molecule has 32 heavy (non-hydrogen) atoms. The molecule has 0 aliphatic carbocycles. The summed E-state index contributed by atoms with van der Waals surface area (Å²) >= 11 is 0. The molecule has 0 heterocycles. The lowest BCUT2D eigenvalue weighted by molar-refractivity contribution is 0.148. The van der Waals surface area contributed by atoms with Gasteiger partial charge in [-0.25, -0.2) is 4.79 Å². The van der Waals surface area contributed by atoms with Gasteiger partial charge in [0.2, 0.25) is 0 Å². The minimum Gasteiger partial charge on any atom is -0.504 e. The van der Waals surface area contributed by atoms with Crippen LogP contribution in [0.3, 0.4) is 0 Å². The summed E-state index contributed by atoms with van der Waals surface area (Å²) in [7, 11) is 0. The summed E-state index contributed by atoms with van der Waals surface area (Å²) in [5, 5.41) is 20.3. The molecular formula is C27H38O5. The zero-order valence-corrected chi connectivity index (χ0v) is 19.6. The van der Waals surface area contributed by atoms with Crippen LogP contribution in [0.1, 0.15) is 89.2 Å². The van der Waals surface area contributed by atoms with Crippen LogP contribution in [0.4, 0.5) is 4.79 Å². The van der Waals surface area contributed by atoms with Crippen LogP contribution >= 0.6 is 0 Å². The number of phenolic OH excluding ortho intramolecular Hbond substituents is 2. The van der Waals surface area contributed by atoms with E-state index in [9.17, 15) is 15.0 Å². The van der Waals surface area contributed by atoms with Gasteiger partial charge in [0.1, 0.15) is 0 Å². The van der Waals surface area contributed by atoms with E-state index in [1.807, 2.05) is 6.07 Å². The van der Waals surface area contributed by atoms with Gasteiger partial charge >= 0.3 is 6.16 Å². The maximum absolute atomic E-state index is 12.4. The molecule has 2 aromatic carbocycles. The number of rotatable bonds is 14. The van der Waals surface area contributed by atoms with E-state index < -0.39 is 6.16 Å². The Bertz CT molecular complexity index is 831. The van der Waals surface area contributed by atoms with Crippen LogP contribution in [-0.2, 0) is 12.8 Å². The monoisotopic (exact) mass is 442 g/mol. The number of hydrogen-bond donors (Lipinski definition) is 2. The lowest BCUT2D eigenvalue weighted by atomic mass is 9.95. The van der Waals surface area contributed by atoms with Crippen LogP contribution in [0.25, 0.3) is 0 Å². The Balaban J connectivity index is 2.14. The molecule has 0 bridgehead atoms. The first-order chi connectivity index (χ1) is 15.6. The van der Waals surface area contributed by atoms with E-state index in [2.05, 4.69) is 13.8 Å². The fourth-order valence-corrected chi connectivity index (χ4v) is 3.84. The topological polar surface area (TPSA) is 76.0 Å². The first-order valence-electron chi connectivity index (χ1n) is 12.1. The van der Waals surface area contributed by atoms with Gasteiger partial charge in [-0.1, -0.05) is 83.4 Å².